The van der Waals surface area contributed by atoms with Crippen molar-refractivity contribution < 1.29 is 4.74 Å². The average Bonchev–Trinajstić information content (AvgIpc) is 2.42. The highest BCUT2D eigenvalue weighted by molar-refractivity contribution is 5.36. The molecule has 2 heteroatoms. The van der Waals surface area contributed by atoms with Crippen molar-refractivity contribution in [3.63, 3.8) is 0 Å². The summed E-state index contributed by atoms with van der Waals surface area (Å²) >= 11 is 0. The largest absolute Gasteiger partial charge is 0.489 e. The maximum atomic E-state index is 5.91. The highest BCUT2D eigenvalue weighted by atomic mass is 16.5. The van der Waals surface area contributed by atoms with E-state index in [9.17, 15) is 0 Å². The number of hydrogen-bond donors (Lipinski definition) is 1. The van der Waals surface area contributed by atoms with Crippen molar-refractivity contribution in [3.05, 3.63) is 42.0 Å². The fourth-order valence-corrected chi connectivity index (χ4v) is 1.82. The lowest BCUT2D eigenvalue weighted by Crippen LogP contribution is -2.26. The molecule has 1 aromatic carbocycles. The van der Waals surface area contributed by atoms with Gasteiger partial charge in [0.1, 0.15) is 12.4 Å². The molecule has 19 heavy (non-hydrogen) atoms. The summed E-state index contributed by atoms with van der Waals surface area (Å²) in [6, 6.07) is 8.77. The molecule has 1 N–H and O–H groups in total. The third kappa shape index (κ3) is 5.48. The third-order valence-corrected chi connectivity index (χ3v) is 3.25. The minimum absolute atomic E-state index is 0.476. The van der Waals surface area contributed by atoms with Crippen LogP contribution in [-0.2, 0) is 0 Å². The Bertz CT molecular complexity index is 398. The molecule has 1 atom stereocenters. The molecular formula is C17H27NO. The standard InChI is InChI=1S/C17H27NO/c1-6-15(5)16-9-7-8-10-17(16)19-12-14(4)11-18-13(2)3/h7-10,13,15,18H,4,6,11-12H2,1-3,5H3. The molecular weight excluding hydrogens is 234 g/mol. The second-order valence-corrected chi connectivity index (χ2v) is 5.42. The van der Waals surface area contributed by atoms with E-state index in [2.05, 4.69) is 51.7 Å². The van der Waals surface area contributed by atoms with E-state index in [1.165, 1.54) is 5.56 Å². The van der Waals surface area contributed by atoms with Gasteiger partial charge in [0.15, 0.2) is 0 Å². The van der Waals surface area contributed by atoms with Gasteiger partial charge in [0, 0.05) is 12.6 Å². The van der Waals surface area contributed by atoms with E-state index in [0.29, 0.717) is 18.6 Å². The molecule has 0 aliphatic heterocycles. The van der Waals surface area contributed by atoms with E-state index in [-0.39, 0.29) is 0 Å². The molecule has 0 bridgehead atoms. The van der Waals surface area contributed by atoms with Crippen LogP contribution in [0.5, 0.6) is 5.75 Å². The van der Waals surface area contributed by atoms with Gasteiger partial charge in [-0.2, -0.15) is 0 Å². The van der Waals surface area contributed by atoms with Crippen molar-refractivity contribution >= 4 is 0 Å². The maximum absolute atomic E-state index is 5.91. The van der Waals surface area contributed by atoms with E-state index in [1.807, 2.05) is 12.1 Å². The Labute approximate surface area is 117 Å². The van der Waals surface area contributed by atoms with Crippen LogP contribution in [0.4, 0.5) is 0 Å². The number of hydrogen-bond acceptors (Lipinski definition) is 2. The van der Waals surface area contributed by atoms with E-state index >= 15 is 0 Å². The molecule has 0 aliphatic carbocycles. The number of benzene rings is 1. The Hall–Kier alpha value is -1.28. The van der Waals surface area contributed by atoms with Crippen molar-refractivity contribution in [1.29, 1.82) is 0 Å². The lowest BCUT2D eigenvalue weighted by Gasteiger charge is -2.17. The Kier molecular flexibility index (Phi) is 6.65. The first-order valence-electron chi connectivity index (χ1n) is 7.16. The Morgan fingerprint density at radius 1 is 1.26 bits per heavy atom. The highest BCUT2D eigenvalue weighted by Gasteiger charge is 2.09. The SMILES string of the molecule is C=C(CNC(C)C)COc1ccccc1C(C)CC. The number of rotatable bonds is 8. The molecule has 0 amide bonds. The quantitative estimate of drug-likeness (QED) is 0.710. The molecule has 1 rings (SSSR count). The number of nitrogens with one attached hydrogen (secondary N) is 1. The summed E-state index contributed by atoms with van der Waals surface area (Å²) < 4.78 is 5.91. The second-order valence-electron chi connectivity index (χ2n) is 5.42. The maximum Gasteiger partial charge on any atom is 0.123 e. The second kappa shape index (κ2) is 8.00. The van der Waals surface area contributed by atoms with E-state index in [0.717, 1.165) is 24.3 Å². The summed E-state index contributed by atoms with van der Waals surface area (Å²) in [6.45, 7) is 14.1. The number of ether oxygens (including phenoxy) is 1. The zero-order valence-electron chi connectivity index (χ0n) is 12.7. The molecule has 0 aromatic heterocycles. The first-order chi connectivity index (χ1) is 9.04. The van der Waals surface area contributed by atoms with E-state index < -0.39 is 0 Å². The monoisotopic (exact) mass is 261 g/mol. The van der Waals surface area contributed by atoms with Crippen molar-refractivity contribution in [2.45, 2.75) is 46.1 Å². The molecule has 2 nitrogen and oxygen atoms in total. The highest BCUT2D eigenvalue weighted by Crippen LogP contribution is 2.28. The Balaban J connectivity index is 2.55. The zero-order valence-corrected chi connectivity index (χ0v) is 12.7. The van der Waals surface area contributed by atoms with Gasteiger partial charge in [0.05, 0.1) is 0 Å². The topological polar surface area (TPSA) is 21.3 Å². The first kappa shape index (κ1) is 15.8. The van der Waals surface area contributed by atoms with Crippen LogP contribution in [0.25, 0.3) is 0 Å². The van der Waals surface area contributed by atoms with Crippen LogP contribution >= 0.6 is 0 Å². The smallest absolute Gasteiger partial charge is 0.123 e. The first-order valence-corrected chi connectivity index (χ1v) is 7.16. The van der Waals surface area contributed by atoms with E-state index in [1.54, 1.807) is 0 Å². The molecule has 0 spiro atoms. The Morgan fingerprint density at radius 2 is 1.95 bits per heavy atom. The van der Waals surface area contributed by atoms with Crippen molar-refractivity contribution in [3.8, 4) is 5.75 Å². The van der Waals surface area contributed by atoms with Gasteiger partial charge in [0.2, 0.25) is 0 Å². The third-order valence-electron chi connectivity index (χ3n) is 3.25. The van der Waals surface area contributed by atoms with Crippen LogP contribution in [0, 0.1) is 0 Å². The van der Waals surface area contributed by atoms with Crippen LogP contribution in [0.15, 0.2) is 36.4 Å². The van der Waals surface area contributed by atoms with Crippen LogP contribution < -0.4 is 10.1 Å². The normalized spacial score (nSPS) is 12.5. The fraction of sp³-hybridized carbons (Fsp3) is 0.529. The summed E-state index contributed by atoms with van der Waals surface area (Å²) in [7, 11) is 0. The van der Waals surface area contributed by atoms with Crippen molar-refractivity contribution in [2.24, 2.45) is 0 Å². The van der Waals surface area contributed by atoms with Crippen molar-refractivity contribution in [2.75, 3.05) is 13.2 Å². The molecule has 1 unspecified atom stereocenters. The summed E-state index contributed by atoms with van der Waals surface area (Å²) in [5, 5.41) is 3.35. The summed E-state index contributed by atoms with van der Waals surface area (Å²) in [4.78, 5) is 0. The van der Waals surface area contributed by atoms with Gasteiger partial charge in [-0.3, -0.25) is 0 Å². The van der Waals surface area contributed by atoms with Gasteiger partial charge >= 0.3 is 0 Å². The minimum Gasteiger partial charge on any atom is -0.489 e. The minimum atomic E-state index is 0.476. The molecule has 0 aliphatic rings. The molecule has 0 radical (unpaired) electrons. The molecule has 0 saturated carbocycles. The van der Waals surface area contributed by atoms with Gasteiger partial charge in [-0.05, 0) is 29.5 Å². The van der Waals surface area contributed by atoms with Crippen molar-refractivity contribution in [1.82, 2.24) is 5.32 Å². The van der Waals surface area contributed by atoms with Gasteiger partial charge < -0.3 is 10.1 Å². The average molecular weight is 261 g/mol. The molecule has 0 fully saturated rings. The van der Waals surface area contributed by atoms with Gasteiger partial charge in [-0.1, -0.05) is 52.5 Å². The fourth-order valence-electron chi connectivity index (χ4n) is 1.82. The lowest BCUT2D eigenvalue weighted by atomic mass is 9.98. The Morgan fingerprint density at radius 3 is 2.58 bits per heavy atom. The lowest BCUT2D eigenvalue weighted by molar-refractivity contribution is 0.341. The van der Waals surface area contributed by atoms with Crippen LogP contribution in [0.3, 0.4) is 0 Å². The molecule has 106 valence electrons. The van der Waals surface area contributed by atoms with Gasteiger partial charge in [-0.25, -0.2) is 0 Å². The summed E-state index contributed by atoms with van der Waals surface area (Å²) in [6.07, 6.45) is 1.12. The zero-order chi connectivity index (χ0) is 14.3. The predicted octanol–water partition coefficient (Wildman–Crippen LogP) is 4.13. The molecule has 1 aromatic rings. The van der Waals surface area contributed by atoms with E-state index in [4.69, 9.17) is 4.74 Å². The number of para-hydroxylation sites is 1. The molecule has 0 saturated heterocycles. The van der Waals surface area contributed by atoms with Gasteiger partial charge in [-0.15, -0.1) is 0 Å². The van der Waals surface area contributed by atoms with Crippen LogP contribution in [0.2, 0.25) is 0 Å². The predicted molar refractivity (Wildman–Crippen MR) is 82.9 cm³/mol. The van der Waals surface area contributed by atoms with Crippen LogP contribution in [-0.4, -0.2) is 19.2 Å². The molecule has 0 heterocycles. The van der Waals surface area contributed by atoms with Crippen LogP contribution in [0.1, 0.15) is 45.6 Å². The van der Waals surface area contributed by atoms with Gasteiger partial charge in [0.25, 0.3) is 0 Å². The summed E-state index contributed by atoms with van der Waals surface area (Å²) in [5.41, 5.74) is 2.36. The summed E-state index contributed by atoms with van der Waals surface area (Å²) in [5.74, 6) is 1.51.